The first-order valence-corrected chi connectivity index (χ1v) is 4.95. The summed E-state index contributed by atoms with van der Waals surface area (Å²) in [6.45, 7) is 6.65. The number of aromatic nitrogens is 1. The Kier molecular flexibility index (Phi) is 4.21. The van der Waals surface area contributed by atoms with Crippen LogP contribution in [-0.4, -0.2) is 11.1 Å². The van der Waals surface area contributed by atoms with Crippen LogP contribution in [0.4, 0.5) is 0 Å². The molecule has 0 aliphatic rings. The smallest absolute Gasteiger partial charge is 0.109 e. The first kappa shape index (κ1) is 10.8. The molecule has 1 rings (SSSR count). The van der Waals surface area contributed by atoms with Crippen molar-refractivity contribution in [3.63, 3.8) is 0 Å². The van der Waals surface area contributed by atoms with Crippen LogP contribution in [-0.2, 0) is 13.1 Å². The highest BCUT2D eigenvalue weighted by molar-refractivity contribution is 5.08. The molecule has 0 saturated carbocycles. The molecule has 1 N–H and O–H groups in total. The fourth-order valence-electron chi connectivity index (χ4n) is 1.33. The topological polar surface area (TPSA) is 40.8 Å². The lowest BCUT2D eigenvalue weighted by molar-refractivity contribution is 0.540. The summed E-state index contributed by atoms with van der Waals surface area (Å²) in [6, 6.07) is 6.17. The molecular formula is C11H17N3. The van der Waals surface area contributed by atoms with E-state index in [-0.39, 0.29) is 0 Å². The second-order valence-electron chi connectivity index (χ2n) is 3.81. The van der Waals surface area contributed by atoms with Crippen LogP contribution in [0.25, 0.3) is 0 Å². The minimum absolute atomic E-state index is 0.436. The molecule has 1 heterocycles. The van der Waals surface area contributed by atoms with Gasteiger partial charge < -0.3 is 9.88 Å². The van der Waals surface area contributed by atoms with E-state index >= 15 is 0 Å². The van der Waals surface area contributed by atoms with E-state index in [0.29, 0.717) is 12.5 Å². The molecule has 76 valence electrons. The van der Waals surface area contributed by atoms with Gasteiger partial charge in [-0.25, -0.2) is 0 Å². The van der Waals surface area contributed by atoms with Crippen molar-refractivity contribution >= 4 is 0 Å². The van der Waals surface area contributed by atoms with Gasteiger partial charge in [-0.1, -0.05) is 13.8 Å². The Morgan fingerprint density at radius 2 is 2.36 bits per heavy atom. The van der Waals surface area contributed by atoms with E-state index in [1.165, 1.54) is 5.69 Å². The zero-order chi connectivity index (χ0) is 10.4. The predicted molar refractivity (Wildman–Crippen MR) is 56.6 cm³/mol. The van der Waals surface area contributed by atoms with Gasteiger partial charge in [-0.3, -0.25) is 0 Å². The lowest BCUT2D eigenvalue weighted by Gasteiger charge is -2.08. The molecule has 0 amide bonds. The molecule has 0 unspecified atom stereocenters. The van der Waals surface area contributed by atoms with Crippen LogP contribution >= 0.6 is 0 Å². The van der Waals surface area contributed by atoms with Gasteiger partial charge in [-0.05, 0) is 24.6 Å². The number of hydrogen-bond acceptors (Lipinski definition) is 2. The van der Waals surface area contributed by atoms with Gasteiger partial charge in [0.25, 0.3) is 0 Å². The maximum absolute atomic E-state index is 8.58. The molecular weight excluding hydrogens is 174 g/mol. The Bertz CT molecular complexity index is 307. The van der Waals surface area contributed by atoms with E-state index in [4.69, 9.17) is 5.26 Å². The van der Waals surface area contributed by atoms with Gasteiger partial charge in [0.05, 0.1) is 6.07 Å². The Hall–Kier alpha value is -1.27. The molecule has 0 bridgehead atoms. The Morgan fingerprint density at radius 1 is 1.57 bits per heavy atom. The molecule has 0 saturated heterocycles. The van der Waals surface area contributed by atoms with Crippen LogP contribution in [0, 0.1) is 17.2 Å². The second kappa shape index (κ2) is 5.46. The van der Waals surface area contributed by atoms with Crippen LogP contribution in [0.3, 0.4) is 0 Å². The van der Waals surface area contributed by atoms with Crippen LogP contribution in [0.1, 0.15) is 19.5 Å². The van der Waals surface area contributed by atoms with Crippen molar-refractivity contribution in [1.29, 1.82) is 5.26 Å². The lowest BCUT2D eigenvalue weighted by Crippen LogP contribution is -2.20. The number of nitriles is 1. The molecule has 0 atom stereocenters. The first-order chi connectivity index (χ1) is 6.74. The highest BCUT2D eigenvalue weighted by atomic mass is 15.0. The summed E-state index contributed by atoms with van der Waals surface area (Å²) >= 11 is 0. The highest BCUT2D eigenvalue weighted by Gasteiger charge is 1.99. The third kappa shape index (κ3) is 3.23. The number of nitrogens with one attached hydrogen (secondary N) is 1. The zero-order valence-electron chi connectivity index (χ0n) is 8.83. The summed E-state index contributed by atoms with van der Waals surface area (Å²) in [5, 5.41) is 11.9. The standard InChI is InChI=1S/C11H17N3/c1-10(2)8-13-9-11-4-3-6-14(11)7-5-12/h3-4,6,10,13H,7-9H2,1-2H3. The minimum Gasteiger partial charge on any atom is -0.337 e. The summed E-state index contributed by atoms with van der Waals surface area (Å²) in [5.74, 6) is 0.661. The van der Waals surface area contributed by atoms with E-state index < -0.39 is 0 Å². The predicted octanol–water partition coefficient (Wildman–Crippen LogP) is 1.76. The van der Waals surface area contributed by atoms with Crippen molar-refractivity contribution in [2.45, 2.75) is 26.9 Å². The molecule has 3 nitrogen and oxygen atoms in total. The summed E-state index contributed by atoms with van der Waals surface area (Å²) < 4.78 is 1.97. The van der Waals surface area contributed by atoms with E-state index in [2.05, 4.69) is 25.2 Å². The fourth-order valence-corrected chi connectivity index (χ4v) is 1.33. The second-order valence-corrected chi connectivity index (χ2v) is 3.81. The summed E-state index contributed by atoms with van der Waals surface area (Å²) in [6.07, 6.45) is 1.94. The van der Waals surface area contributed by atoms with Crippen molar-refractivity contribution in [2.24, 2.45) is 5.92 Å². The van der Waals surface area contributed by atoms with Crippen LogP contribution in [0.2, 0.25) is 0 Å². The van der Waals surface area contributed by atoms with Crippen molar-refractivity contribution in [1.82, 2.24) is 9.88 Å². The number of rotatable bonds is 5. The Morgan fingerprint density at radius 3 is 3.00 bits per heavy atom. The van der Waals surface area contributed by atoms with Crippen molar-refractivity contribution in [3.8, 4) is 6.07 Å². The van der Waals surface area contributed by atoms with Crippen LogP contribution < -0.4 is 5.32 Å². The molecule has 0 aliphatic carbocycles. The summed E-state index contributed by atoms with van der Waals surface area (Å²) in [4.78, 5) is 0. The zero-order valence-corrected chi connectivity index (χ0v) is 8.83. The highest BCUT2D eigenvalue weighted by Crippen LogP contribution is 2.01. The van der Waals surface area contributed by atoms with Gasteiger partial charge in [0, 0.05) is 18.4 Å². The van der Waals surface area contributed by atoms with Gasteiger partial charge in [0.15, 0.2) is 0 Å². The Balaban J connectivity index is 2.42. The molecule has 0 fully saturated rings. The van der Waals surface area contributed by atoms with E-state index in [9.17, 15) is 0 Å². The van der Waals surface area contributed by atoms with Crippen LogP contribution in [0.15, 0.2) is 18.3 Å². The molecule has 0 aliphatic heterocycles. The number of nitrogens with zero attached hydrogens (tertiary/aromatic N) is 2. The van der Waals surface area contributed by atoms with E-state index in [0.717, 1.165) is 13.1 Å². The van der Waals surface area contributed by atoms with Gasteiger partial charge in [-0.15, -0.1) is 0 Å². The average molecular weight is 191 g/mol. The van der Waals surface area contributed by atoms with E-state index in [1.807, 2.05) is 22.9 Å². The summed E-state index contributed by atoms with van der Waals surface area (Å²) in [5.41, 5.74) is 1.17. The van der Waals surface area contributed by atoms with Crippen LogP contribution in [0.5, 0.6) is 0 Å². The molecule has 14 heavy (non-hydrogen) atoms. The first-order valence-electron chi connectivity index (χ1n) is 4.95. The van der Waals surface area contributed by atoms with Crippen molar-refractivity contribution < 1.29 is 0 Å². The third-order valence-corrected chi connectivity index (χ3v) is 2.02. The molecule has 0 aromatic carbocycles. The van der Waals surface area contributed by atoms with Crippen molar-refractivity contribution in [3.05, 3.63) is 24.0 Å². The van der Waals surface area contributed by atoms with Gasteiger partial charge >= 0.3 is 0 Å². The van der Waals surface area contributed by atoms with Gasteiger partial charge in [0.2, 0.25) is 0 Å². The largest absolute Gasteiger partial charge is 0.337 e. The maximum atomic E-state index is 8.58. The molecule has 0 spiro atoms. The average Bonchev–Trinajstić information content (AvgIpc) is 2.53. The molecule has 1 aromatic heterocycles. The van der Waals surface area contributed by atoms with Gasteiger partial charge in [-0.2, -0.15) is 5.26 Å². The van der Waals surface area contributed by atoms with Crippen molar-refractivity contribution in [2.75, 3.05) is 6.54 Å². The quantitative estimate of drug-likeness (QED) is 0.770. The number of hydrogen-bond donors (Lipinski definition) is 1. The van der Waals surface area contributed by atoms with E-state index in [1.54, 1.807) is 0 Å². The fraction of sp³-hybridized carbons (Fsp3) is 0.545. The normalized spacial score (nSPS) is 10.4. The summed E-state index contributed by atoms with van der Waals surface area (Å²) in [7, 11) is 0. The van der Waals surface area contributed by atoms with Gasteiger partial charge in [0.1, 0.15) is 6.54 Å². The molecule has 3 heteroatoms. The maximum Gasteiger partial charge on any atom is 0.109 e. The molecule has 0 radical (unpaired) electrons. The Labute approximate surface area is 85.3 Å². The third-order valence-electron chi connectivity index (χ3n) is 2.02. The minimum atomic E-state index is 0.436. The SMILES string of the molecule is CC(C)CNCc1cccn1CC#N. The lowest BCUT2D eigenvalue weighted by atomic mass is 10.2. The molecule has 1 aromatic rings. The monoisotopic (exact) mass is 191 g/mol.